The van der Waals surface area contributed by atoms with Crippen LogP contribution in [0.1, 0.15) is 38.8 Å². The van der Waals surface area contributed by atoms with E-state index in [0.717, 1.165) is 66.7 Å². The molecule has 0 bridgehead atoms. The van der Waals surface area contributed by atoms with Crippen LogP contribution < -0.4 is 21.3 Å². The second-order valence-corrected chi connectivity index (χ2v) is 15.1. The van der Waals surface area contributed by atoms with E-state index < -0.39 is 6.04 Å². The molecule has 0 unspecified atom stereocenters. The molecule has 0 radical (unpaired) electrons. The molecule has 9 aromatic rings. The molecule has 7 aromatic carbocycles. The molecular weight excluding hydrogens is 619 g/mol. The molecule has 2 aromatic heterocycles. The first-order chi connectivity index (χ1) is 26.9. The summed E-state index contributed by atoms with van der Waals surface area (Å²) in [6.07, 6.45) is 0. The molecular formula is C47H35BN2O. The van der Waals surface area contributed by atoms with Gasteiger partial charge < -0.3 is 13.9 Å². The first-order valence-corrected chi connectivity index (χ1v) is 17.6. The highest BCUT2D eigenvalue weighted by atomic mass is 16.3. The van der Waals surface area contributed by atoms with Gasteiger partial charge in [-0.25, -0.2) is 0 Å². The standard InChI is InChI=1S/C47H35BN2O/c1-28-25-39-45-40(26-28)50-37-23-24-42-44(33-13-8-9-16-41(33)51-42)43(37)34-14-10-15-36(46(34)50)48(45)35-22-17-30(29-11-6-5-7-12-29)27-38(35)49(39)32-20-18-31(19-21-32)47(2,3)4/h5-27H,1-4H3/i5D,6D,7D,11D,12D. The van der Waals surface area contributed by atoms with Crippen LogP contribution in [0.3, 0.4) is 0 Å². The highest BCUT2D eigenvalue weighted by Gasteiger charge is 2.42. The first-order valence-electron chi connectivity index (χ1n) is 20.1. The fourth-order valence-corrected chi connectivity index (χ4v) is 8.83. The van der Waals surface area contributed by atoms with Gasteiger partial charge in [-0.2, -0.15) is 0 Å². The monoisotopic (exact) mass is 659 g/mol. The molecule has 0 spiro atoms. The predicted octanol–water partition coefficient (Wildman–Crippen LogP) is 10.6. The van der Waals surface area contributed by atoms with Crippen molar-refractivity contribution in [1.29, 1.82) is 0 Å². The number of hydrogen-bond acceptors (Lipinski definition) is 2. The Kier molecular flexibility index (Phi) is 4.77. The molecule has 242 valence electrons. The topological polar surface area (TPSA) is 21.3 Å². The van der Waals surface area contributed by atoms with Gasteiger partial charge in [-0.05, 0) is 99.5 Å². The van der Waals surface area contributed by atoms with Crippen LogP contribution in [0.25, 0.3) is 60.6 Å². The minimum atomic E-state index is -0.398. The van der Waals surface area contributed by atoms with Gasteiger partial charge in [0.2, 0.25) is 0 Å². The van der Waals surface area contributed by atoms with E-state index in [4.69, 9.17) is 11.3 Å². The molecule has 0 atom stereocenters. The predicted molar refractivity (Wildman–Crippen MR) is 216 cm³/mol. The number of fused-ring (bicyclic) bond motifs is 11. The molecule has 0 N–H and O–H groups in total. The summed E-state index contributed by atoms with van der Waals surface area (Å²) in [5.74, 6) is 0. The van der Waals surface area contributed by atoms with Crippen molar-refractivity contribution < 1.29 is 11.3 Å². The summed E-state index contributed by atoms with van der Waals surface area (Å²) in [4.78, 5) is 2.31. The van der Waals surface area contributed by atoms with E-state index >= 15 is 0 Å². The van der Waals surface area contributed by atoms with Gasteiger partial charge in [-0.3, -0.25) is 0 Å². The van der Waals surface area contributed by atoms with Crippen molar-refractivity contribution in [1.82, 2.24) is 4.57 Å². The molecule has 4 heterocycles. The molecule has 4 heteroatoms. The third-order valence-corrected chi connectivity index (χ3v) is 11.0. The third-order valence-electron chi connectivity index (χ3n) is 11.0. The second kappa shape index (κ2) is 10.0. The van der Waals surface area contributed by atoms with Crippen LogP contribution in [0.15, 0.2) is 144 Å². The van der Waals surface area contributed by atoms with Crippen LogP contribution in [0.2, 0.25) is 0 Å². The molecule has 11 rings (SSSR count). The highest BCUT2D eigenvalue weighted by molar-refractivity contribution is 7.00. The lowest BCUT2D eigenvalue weighted by atomic mass is 9.33. The Morgan fingerprint density at radius 3 is 2.25 bits per heavy atom. The van der Waals surface area contributed by atoms with Crippen LogP contribution >= 0.6 is 0 Å². The molecule has 0 aliphatic carbocycles. The van der Waals surface area contributed by atoms with Crippen molar-refractivity contribution in [2.45, 2.75) is 33.1 Å². The summed E-state index contributed by atoms with van der Waals surface area (Å²) in [6.45, 7) is 8.66. The summed E-state index contributed by atoms with van der Waals surface area (Å²) >= 11 is 0. The summed E-state index contributed by atoms with van der Waals surface area (Å²) in [5.41, 5.74) is 14.7. The Labute approximate surface area is 304 Å². The zero-order chi connectivity index (χ0) is 38.5. The Morgan fingerprint density at radius 1 is 0.647 bits per heavy atom. The second-order valence-electron chi connectivity index (χ2n) is 15.1. The van der Waals surface area contributed by atoms with Gasteiger partial charge in [0.15, 0.2) is 0 Å². The van der Waals surface area contributed by atoms with Crippen LogP contribution in [0.4, 0.5) is 17.1 Å². The Balaban J connectivity index is 1.26. The van der Waals surface area contributed by atoms with Crippen LogP contribution in [-0.4, -0.2) is 11.3 Å². The maximum Gasteiger partial charge on any atom is 0.252 e. The van der Waals surface area contributed by atoms with Crippen LogP contribution in [0.5, 0.6) is 0 Å². The van der Waals surface area contributed by atoms with E-state index in [1.165, 1.54) is 27.3 Å². The Hall–Kier alpha value is -6.00. The average molecular weight is 660 g/mol. The van der Waals surface area contributed by atoms with Crippen molar-refractivity contribution in [2.24, 2.45) is 0 Å². The van der Waals surface area contributed by atoms with Gasteiger partial charge in [0.1, 0.15) is 11.2 Å². The minimum absolute atomic E-state index is 0.0314. The third kappa shape index (κ3) is 3.91. The van der Waals surface area contributed by atoms with Crippen molar-refractivity contribution in [3.05, 3.63) is 151 Å². The van der Waals surface area contributed by atoms with Gasteiger partial charge in [0, 0.05) is 49.8 Å². The maximum absolute atomic E-state index is 8.88. The number of benzene rings is 7. The van der Waals surface area contributed by atoms with Gasteiger partial charge in [-0.1, -0.05) is 112 Å². The smallest absolute Gasteiger partial charge is 0.252 e. The van der Waals surface area contributed by atoms with E-state index in [9.17, 15) is 0 Å². The van der Waals surface area contributed by atoms with Gasteiger partial charge >= 0.3 is 0 Å². The molecule has 3 nitrogen and oxygen atoms in total. The van der Waals surface area contributed by atoms with Crippen molar-refractivity contribution >= 4 is 83.9 Å². The van der Waals surface area contributed by atoms with E-state index in [1.54, 1.807) is 0 Å². The van der Waals surface area contributed by atoms with Crippen molar-refractivity contribution in [3.8, 4) is 16.8 Å². The highest BCUT2D eigenvalue weighted by Crippen LogP contribution is 2.45. The molecule has 0 amide bonds. The number of nitrogens with zero attached hydrogens (tertiary/aromatic N) is 2. The van der Waals surface area contributed by atoms with Crippen LogP contribution in [0, 0.1) is 6.92 Å². The number of rotatable bonds is 2. The number of para-hydroxylation sites is 2. The summed E-state index contributed by atoms with van der Waals surface area (Å²) in [5, 5.41) is 4.55. The maximum atomic E-state index is 8.88. The average Bonchev–Trinajstić information content (AvgIpc) is 3.74. The molecule has 2 aliphatic rings. The lowest BCUT2D eigenvalue weighted by Gasteiger charge is -2.41. The lowest BCUT2D eigenvalue weighted by molar-refractivity contribution is 0.590. The van der Waals surface area contributed by atoms with Crippen molar-refractivity contribution in [2.75, 3.05) is 4.90 Å². The van der Waals surface area contributed by atoms with E-state index in [0.29, 0.717) is 5.56 Å². The number of furan rings is 1. The zero-order valence-electron chi connectivity index (χ0n) is 33.8. The number of anilines is 3. The molecule has 2 aliphatic heterocycles. The van der Waals surface area contributed by atoms with Gasteiger partial charge in [0.25, 0.3) is 6.71 Å². The fourth-order valence-electron chi connectivity index (χ4n) is 8.83. The molecule has 51 heavy (non-hydrogen) atoms. The first kappa shape index (κ1) is 24.2. The normalized spacial score (nSPS) is 14.8. The van der Waals surface area contributed by atoms with Gasteiger partial charge in [-0.15, -0.1) is 0 Å². The van der Waals surface area contributed by atoms with E-state index in [1.807, 2.05) is 24.3 Å². The number of hydrogen-bond donors (Lipinski definition) is 0. The zero-order valence-corrected chi connectivity index (χ0v) is 28.8. The molecule has 0 saturated heterocycles. The van der Waals surface area contributed by atoms with Gasteiger partial charge in [0.05, 0.1) is 12.4 Å². The van der Waals surface area contributed by atoms with E-state index in [-0.39, 0.29) is 41.9 Å². The summed E-state index contributed by atoms with van der Waals surface area (Å²) < 4.78 is 51.8. The largest absolute Gasteiger partial charge is 0.456 e. The van der Waals surface area contributed by atoms with Crippen LogP contribution in [-0.2, 0) is 5.41 Å². The number of aryl methyl sites for hydroxylation is 1. The SMILES string of the molecule is [2H]c1c([2H])c([2H])c(-c2ccc3c(c2)N(c2ccc(C(C)(C)C)cc2)c2cc(C)cc4c2B3c2cccc3c5c6c(ccc5n-4c23)oc2ccccc26)c([2H])c1[2H]. The molecule has 0 saturated carbocycles. The Bertz CT molecular complexity index is 3180. The summed E-state index contributed by atoms with van der Waals surface area (Å²) in [6, 6.07) is 37.1. The fraction of sp³-hybridized carbons (Fsp3) is 0.106. The minimum Gasteiger partial charge on any atom is -0.456 e. The van der Waals surface area contributed by atoms with Crippen molar-refractivity contribution in [3.63, 3.8) is 0 Å². The number of aromatic nitrogens is 1. The van der Waals surface area contributed by atoms with E-state index in [2.05, 4.69) is 122 Å². The quantitative estimate of drug-likeness (QED) is 0.172. The molecule has 0 fully saturated rings. The Morgan fingerprint density at radius 2 is 1.43 bits per heavy atom. The summed E-state index contributed by atoms with van der Waals surface area (Å²) in [7, 11) is 0. The lowest BCUT2D eigenvalue weighted by Crippen LogP contribution is -2.60.